The molecule has 3 aromatic heterocycles. The molecule has 0 aliphatic carbocycles. The van der Waals surface area contributed by atoms with Gasteiger partial charge in [-0.25, -0.2) is 15.0 Å². The van der Waals surface area contributed by atoms with Crippen LogP contribution in [-0.4, -0.2) is 27.0 Å². The fourth-order valence-electron chi connectivity index (χ4n) is 3.22. The fraction of sp³-hybridized carbons (Fsp3) is 0.174. The van der Waals surface area contributed by atoms with Gasteiger partial charge in [-0.1, -0.05) is 18.2 Å². The predicted molar refractivity (Wildman–Crippen MR) is 114 cm³/mol. The molecule has 0 bridgehead atoms. The number of aromatic nitrogens is 4. The summed E-state index contributed by atoms with van der Waals surface area (Å²) in [5.74, 6) is 0.893. The van der Waals surface area contributed by atoms with Crippen LogP contribution >= 0.6 is 0 Å². The number of hydrogen-bond donors (Lipinski definition) is 1. The van der Waals surface area contributed by atoms with Crippen molar-refractivity contribution in [2.45, 2.75) is 19.1 Å². The maximum absolute atomic E-state index is 12.6. The molecule has 7 nitrogen and oxygen atoms in total. The first-order valence-corrected chi connectivity index (χ1v) is 9.81. The van der Waals surface area contributed by atoms with E-state index in [-0.39, 0.29) is 6.54 Å². The number of nitrogens with one attached hydrogen (secondary N) is 1. The average Bonchev–Trinajstić information content (AvgIpc) is 2.82. The molecule has 0 saturated carbocycles. The fourth-order valence-corrected chi connectivity index (χ4v) is 3.22. The van der Waals surface area contributed by atoms with Crippen molar-refractivity contribution in [3.63, 3.8) is 0 Å². The predicted octanol–water partition coefficient (Wildman–Crippen LogP) is 4.52. The third-order valence-corrected chi connectivity index (χ3v) is 4.91. The van der Waals surface area contributed by atoms with Crippen LogP contribution in [0.2, 0.25) is 0 Å². The highest BCUT2D eigenvalue weighted by molar-refractivity contribution is 5.82. The molecule has 1 aromatic carbocycles. The highest BCUT2D eigenvalue weighted by Gasteiger charge is 2.31. The Balaban J connectivity index is 1.45. The normalized spacial score (nSPS) is 11.2. The van der Waals surface area contributed by atoms with Crippen LogP contribution in [0.1, 0.15) is 27.9 Å². The zero-order valence-corrected chi connectivity index (χ0v) is 17.4. The molecule has 10 heteroatoms. The van der Waals surface area contributed by atoms with Gasteiger partial charge in [-0.3, -0.25) is 4.98 Å². The van der Waals surface area contributed by atoms with E-state index in [1.165, 1.54) is 25.6 Å². The molecule has 0 atom stereocenters. The molecule has 166 valence electrons. The lowest BCUT2D eigenvalue weighted by Gasteiger charge is -2.10. The maximum Gasteiger partial charge on any atom is 0.433 e. The molecule has 4 aromatic rings. The first-order chi connectivity index (χ1) is 15.9. The van der Waals surface area contributed by atoms with Crippen LogP contribution < -0.4 is 10.1 Å². The van der Waals surface area contributed by atoms with Crippen molar-refractivity contribution < 1.29 is 17.9 Å². The van der Waals surface area contributed by atoms with E-state index in [0.29, 0.717) is 40.3 Å². The van der Waals surface area contributed by atoms with Crippen molar-refractivity contribution in [2.75, 3.05) is 12.4 Å². The minimum Gasteiger partial charge on any atom is -0.480 e. The van der Waals surface area contributed by atoms with E-state index in [2.05, 4.69) is 31.3 Å². The van der Waals surface area contributed by atoms with E-state index in [4.69, 9.17) is 4.74 Å². The van der Waals surface area contributed by atoms with Gasteiger partial charge in [0, 0.05) is 25.4 Å². The third-order valence-electron chi connectivity index (χ3n) is 4.91. The second-order valence-electron chi connectivity index (χ2n) is 7.12. The standard InChI is InChI=1S/C23H17F3N6O/c1-33-21-13-28-18-5-4-16(17(9-27)22(18)32-21)8-14-3-7-20(30-10-14)31-12-15-2-6-19(29-11-15)23(24,25)26/h2-7,10-11,13H,8,12H2,1H3,(H,30,31). The lowest BCUT2D eigenvalue weighted by Crippen LogP contribution is -2.09. The number of rotatable bonds is 6. The first-order valence-electron chi connectivity index (χ1n) is 9.81. The number of nitriles is 1. The Labute approximate surface area is 186 Å². The summed E-state index contributed by atoms with van der Waals surface area (Å²) in [6, 6.07) is 11.8. The van der Waals surface area contributed by atoms with E-state index >= 15 is 0 Å². The molecule has 0 aliphatic heterocycles. The number of hydrogen-bond acceptors (Lipinski definition) is 7. The van der Waals surface area contributed by atoms with Crippen LogP contribution in [0.15, 0.2) is 55.0 Å². The van der Waals surface area contributed by atoms with Gasteiger partial charge in [0.05, 0.1) is 24.4 Å². The molecule has 0 aliphatic rings. The lowest BCUT2D eigenvalue weighted by molar-refractivity contribution is -0.141. The van der Waals surface area contributed by atoms with Crippen LogP contribution in [0.4, 0.5) is 19.0 Å². The minimum absolute atomic E-state index is 0.279. The first kappa shape index (κ1) is 22.0. The third kappa shape index (κ3) is 4.98. The largest absolute Gasteiger partial charge is 0.480 e. The molecule has 0 unspecified atom stereocenters. The topological polar surface area (TPSA) is 96.6 Å². The zero-order valence-electron chi connectivity index (χ0n) is 17.4. The van der Waals surface area contributed by atoms with Crippen molar-refractivity contribution in [1.29, 1.82) is 5.26 Å². The smallest absolute Gasteiger partial charge is 0.433 e. The summed E-state index contributed by atoms with van der Waals surface area (Å²) in [6.45, 7) is 0.279. The summed E-state index contributed by atoms with van der Waals surface area (Å²) in [6.07, 6.45) is 0.368. The number of fused-ring (bicyclic) bond motifs is 1. The molecule has 0 radical (unpaired) electrons. The Hall–Kier alpha value is -4.26. The van der Waals surface area contributed by atoms with Gasteiger partial charge in [0.1, 0.15) is 23.1 Å². The van der Waals surface area contributed by atoms with Gasteiger partial charge >= 0.3 is 6.18 Å². The molecular weight excluding hydrogens is 433 g/mol. The molecular formula is C23H17F3N6O. The Kier molecular flexibility index (Phi) is 6.04. The Morgan fingerprint density at radius 3 is 2.39 bits per heavy atom. The number of alkyl halides is 3. The minimum atomic E-state index is -4.46. The van der Waals surface area contributed by atoms with E-state index in [0.717, 1.165) is 17.2 Å². The summed E-state index contributed by atoms with van der Waals surface area (Å²) in [7, 11) is 1.49. The van der Waals surface area contributed by atoms with Gasteiger partial charge in [-0.05, 0) is 34.9 Å². The second kappa shape index (κ2) is 9.08. The molecule has 0 saturated heterocycles. The van der Waals surface area contributed by atoms with E-state index in [1.807, 2.05) is 12.1 Å². The molecule has 33 heavy (non-hydrogen) atoms. The van der Waals surface area contributed by atoms with Gasteiger partial charge in [0.2, 0.25) is 5.88 Å². The second-order valence-corrected chi connectivity index (χ2v) is 7.12. The van der Waals surface area contributed by atoms with Crippen molar-refractivity contribution in [3.8, 4) is 11.9 Å². The van der Waals surface area contributed by atoms with E-state index < -0.39 is 11.9 Å². The summed E-state index contributed by atoms with van der Waals surface area (Å²) in [5, 5.41) is 12.7. The van der Waals surface area contributed by atoms with Gasteiger partial charge in [-0.2, -0.15) is 18.4 Å². The summed E-state index contributed by atoms with van der Waals surface area (Å²) >= 11 is 0. The highest BCUT2D eigenvalue weighted by Crippen LogP contribution is 2.27. The molecule has 1 N–H and O–H groups in total. The number of ether oxygens (including phenoxy) is 1. The Morgan fingerprint density at radius 2 is 1.76 bits per heavy atom. The number of halogens is 3. The summed E-state index contributed by atoms with van der Waals surface area (Å²) in [4.78, 5) is 16.4. The number of methoxy groups -OCH3 is 1. The van der Waals surface area contributed by atoms with Gasteiger partial charge in [0.15, 0.2) is 0 Å². The van der Waals surface area contributed by atoms with E-state index in [9.17, 15) is 18.4 Å². The average molecular weight is 450 g/mol. The van der Waals surface area contributed by atoms with Crippen molar-refractivity contribution in [3.05, 3.63) is 82.9 Å². The SMILES string of the molecule is COc1cnc2ccc(Cc3ccc(NCc4ccc(C(F)(F)F)nc4)nc3)c(C#N)c2n1. The molecule has 0 fully saturated rings. The van der Waals surface area contributed by atoms with Gasteiger partial charge < -0.3 is 10.1 Å². The monoisotopic (exact) mass is 450 g/mol. The highest BCUT2D eigenvalue weighted by atomic mass is 19.4. The molecule has 3 heterocycles. The Bertz CT molecular complexity index is 1320. The summed E-state index contributed by atoms with van der Waals surface area (Å²) < 4.78 is 42.9. The quantitative estimate of drug-likeness (QED) is 0.461. The summed E-state index contributed by atoms with van der Waals surface area (Å²) in [5.41, 5.74) is 2.84. The van der Waals surface area contributed by atoms with Crippen LogP contribution in [-0.2, 0) is 19.1 Å². The molecule has 4 rings (SSSR count). The van der Waals surface area contributed by atoms with Gasteiger partial charge in [0.25, 0.3) is 0 Å². The number of benzene rings is 1. The number of pyridine rings is 2. The number of anilines is 1. The van der Waals surface area contributed by atoms with Crippen molar-refractivity contribution in [1.82, 2.24) is 19.9 Å². The van der Waals surface area contributed by atoms with Crippen LogP contribution in [0, 0.1) is 11.3 Å². The van der Waals surface area contributed by atoms with E-state index in [1.54, 1.807) is 18.3 Å². The zero-order chi connectivity index (χ0) is 23.4. The van der Waals surface area contributed by atoms with Crippen LogP contribution in [0.25, 0.3) is 11.0 Å². The lowest BCUT2D eigenvalue weighted by atomic mass is 10.00. The number of nitrogens with zero attached hydrogens (tertiary/aromatic N) is 5. The van der Waals surface area contributed by atoms with Crippen LogP contribution in [0.3, 0.4) is 0 Å². The van der Waals surface area contributed by atoms with Crippen molar-refractivity contribution >= 4 is 16.9 Å². The molecule has 0 spiro atoms. The van der Waals surface area contributed by atoms with Crippen LogP contribution in [0.5, 0.6) is 5.88 Å². The maximum atomic E-state index is 12.6. The Morgan fingerprint density at radius 1 is 0.970 bits per heavy atom. The van der Waals surface area contributed by atoms with Gasteiger partial charge in [-0.15, -0.1) is 0 Å². The molecule has 0 amide bonds. The van der Waals surface area contributed by atoms with Crippen molar-refractivity contribution in [2.24, 2.45) is 0 Å².